The molecule has 0 unspecified atom stereocenters. The van der Waals surface area contributed by atoms with Crippen LogP contribution in [0.25, 0.3) is 10.4 Å². The summed E-state index contributed by atoms with van der Waals surface area (Å²) in [4.78, 5) is 13.2. The first-order valence-corrected chi connectivity index (χ1v) is 3.93. The van der Waals surface area contributed by atoms with E-state index < -0.39 is 5.24 Å². The third-order valence-electron chi connectivity index (χ3n) is 1.47. The van der Waals surface area contributed by atoms with Crippen molar-refractivity contribution in [3.63, 3.8) is 0 Å². The molecule has 13 heavy (non-hydrogen) atoms. The first-order chi connectivity index (χ1) is 6.24. The number of halogens is 1. The second-order valence-electron chi connectivity index (χ2n) is 2.35. The Labute approximate surface area is 79.8 Å². The molecule has 1 rings (SSSR count). The highest BCUT2D eigenvalue weighted by molar-refractivity contribution is 6.63. The monoisotopic (exact) mass is 195 g/mol. The van der Waals surface area contributed by atoms with E-state index in [1.807, 2.05) is 0 Å². The van der Waals surface area contributed by atoms with Gasteiger partial charge >= 0.3 is 0 Å². The molecule has 0 spiro atoms. The van der Waals surface area contributed by atoms with Crippen LogP contribution in [0, 0.1) is 0 Å². The molecule has 0 aliphatic rings. The fraction of sp³-hybridized carbons (Fsp3) is 0.125. The Hall–Kier alpha value is -1.51. The maximum Gasteiger partial charge on any atom is 0.226 e. The van der Waals surface area contributed by atoms with Crippen LogP contribution in [0.2, 0.25) is 0 Å². The van der Waals surface area contributed by atoms with E-state index in [0.717, 1.165) is 0 Å². The van der Waals surface area contributed by atoms with Crippen LogP contribution < -0.4 is 0 Å². The minimum absolute atomic E-state index is 0.0801. The van der Waals surface area contributed by atoms with E-state index in [-0.39, 0.29) is 6.42 Å². The fourth-order valence-corrected chi connectivity index (χ4v) is 1.10. The zero-order valence-electron chi connectivity index (χ0n) is 6.64. The Balaban J connectivity index is 3.04. The summed E-state index contributed by atoms with van der Waals surface area (Å²) >= 11 is 5.21. The fourth-order valence-electron chi connectivity index (χ4n) is 0.956. The quantitative estimate of drug-likeness (QED) is 0.317. The summed E-state index contributed by atoms with van der Waals surface area (Å²) in [7, 11) is 0. The molecule has 0 fully saturated rings. The number of benzene rings is 1. The summed E-state index contributed by atoms with van der Waals surface area (Å²) in [6.07, 6.45) is 0.0801. The number of nitrogens with zero attached hydrogens (tertiary/aromatic N) is 3. The topological polar surface area (TPSA) is 65.8 Å². The van der Waals surface area contributed by atoms with Crippen molar-refractivity contribution in [1.29, 1.82) is 0 Å². The van der Waals surface area contributed by atoms with Gasteiger partial charge < -0.3 is 0 Å². The third kappa shape index (κ3) is 2.78. The van der Waals surface area contributed by atoms with Crippen LogP contribution in [0.4, 0.5) is 5.69 Å². The van der Waals surface area contributed by atoms with E-state index in [1.54, 1.807) is 24.3 Å². The molecule has 0 saturated heterocycles. The van der Waals surface area contributed by atoms with Gasteiger partial charge in [-0.3, -0.25) is 4.79 Å². The largest absolute Gasteiger partial charge is 0.281 e. The minimum Gasteiger partial charge on any atom is -0.281 e. The molecule has 0 N–H and O–H groups in total. The molecule has 0 radical (unpaired) electrons. The molecule has 4 nitrogen and oxygen atoms in total. The van der Waals surface area contributed by atoms with E-state index in [2.05, 4.69) is 10.0 Å². The first kappa shape index (κ1) is 9.58. The lowest BCUT2D eigenvalue weighted by atomic mass is 10.1. The predicted octanol–water partition coefficient (Wildman–Crippen LogP) is 2.94. The highest BCUT2D eigenvalue weighted by Crippen LogP contribution is 2.19. The van der Waals surface area contributed by atoms with Gasteiger partial charge in [0.25, 0.3) is 0 Å². The van der Waals surface area contributed by atoms with Crippen LogP contribution in [-0.4, -0.2) is 5.24 Å². The molecule has 1 aromatic rings. The lowest BCUT2D eigenvalue weighted by Gasteiger charge is -1.99. The zero-order chi connectivity index (χ0) is 9.68. The standard InChI is InChI=1S/C8H6ClN3O/c9-8(13)5-6-3-1-2-4-7(6)11-12-10/h1-4H,5H2. The average molecular weight is 196 g/mol. The van der Waals surface area contributed by atoms with E-state index in [4.69, 9.17) is 17.1 Å². The van der Waals surface area contributed by atoms with Gasteiger partial charge in [0.05, 0.1) is 0 Å². The van der Waals surface area contributed by atoms with Crippen LogP contribution in [0.15, 0.2) is 29.4 Å². The molecule has 0 saturated carbocycles. The van der Waals surface area contributed by atoms with Gasteiger partial charge in [0, 0.05) is 17.0 Å². The van der Waals surface area contributed by atoms with Gasteiger partial charge in [-0.2, -0.15) is 0 Å². The lowest BCUT2D eigenvalue weighted by Crippen LogP contribution is -1.92. The maximum absolute atomic E-state index is 10.6. The van der Waals surface area contributed by atoms with Gasteiger partial charge in [-0.25, -0.2) is 0 Å². The summed E-state index contributed by atoms with van der Waals surface area (Å²) in [5.74, 6) is 0. The summed E-state index contributed by atoms with van der Waals surface area (Å²) in [5.41, 5.74) is 9.30. The van der Waals surface area contributed by atoms with Gasteiger partial charge in [-0.15, -0.1) is 0 Å². The number of azide groups is 1. The minimum atomic E-state index is -0.472. The van der Waals surface area contributed by atoms with Crippen molar-refractivity contribution in [3.8, 4) is 0 Å². The van der Waals surface area contributed by atoms with Gasteiger partial charge in [0.15, 0.2) is 0 Å². The predicted molar refractivity (Wildman–Crippen MR) is 49.8 cm³/mol. The Bertz CT molecular complexity index is 371. The van der Waals surface area contributed by atoms with E-state index in [0.29, 0.717) is 11.3 Å². The van der Waals surface area contributed by atoms with Gasteiger partial charge in [0.1, 0.15) is 0 Å². The molecule has 0 aromatic heterocycles. The third-order valence-corrected chi connectivity index (χ3v) is 1.61. The van der Waals surface area contributed by atoms with Crippen molar-refractivity contribution in [2.24, 2.45) is 5.11 Å². The molecule has 0 heterocycles. The lowest BCUT2D eigenvalue weighted by molar-refractivity contribution is -0.111. The van der Waals surface area contributed by atoms with Crippen LogP contribution in [-0.2, 0) is 11.2 Å². The van der Waals surface area contributed by atoms with Crippen molar-refractivity contribution < 1.29 is 4.79 Å². The summed E-state index contributed by atoms with van der Waals surface area (Å²) < 4.78 is 0. The Kier molecular flexibility index (Phi) is 3.31. The molecule has 0 atom stereocenters. The average Bonchev–Trinajstić information content (AvgIpc) is 2.08. The maximum atomic E-state index is 10.6. The molecule has 1 aromatic carbocycles. The van der Waals surface area contributed by atoms with Gasteiger partial charge in [-0.05, 0) is 22.7 Å². The van der Waals surface area contributed by atoms with Crippen LogP contribution in [0.5, 0.6) is 0 Å². The molecule has 0 amide bonds. The van der Waals surface area contributed by atoms with Crippen molar-refractivity contribution in [2.45, 2.75) is 6.42 Å². The summed E-state index contributed by atoms with van der Waals surface area (Å²) in [5, 5.41) is 2.96. The first-order valence-electron chi connectivity index (χ1n) is 3.55. The highest BCUT2D eigenvalue weighted by atomic mass is 35.5. The van der Waals surface area contributed by atoms with Crippen LogP contribution >= 0.6 is 11.6 Å². The molecule has 0 aliphatic heterocycles. The Morgan fingerprint density at radius 2 is 2.23 bits per heavy atom. The van der Waals surface area contributed by atoms with E-state index >= 15 is 0 Å². The van der Waals surface area contributed by atoms with Crippen molar-refractivity contribution in [1.82, 2.24) is 0 Å². The molecule has 0 bridgehead atoms. The van der Waals surface area contributed by atoms with E-state index in [9.17, 15) is 4.79 Å². The second-order valence-corrected chi connectivity index (χ2v) is 2.77. The molecular formula is C8H6ClN3O. The second kappa shape index (κ2) is 4.50. The number of carbonyl (C=O) groups is 1. The Morgan fingerprint density at radius 3 is 2.85 bits per heavy atom. The summed E-state index contributed by atoms with van der Waals surface area (Å²) in [6.45, 7) is 0. The molecule has 0 aliphatic carbocycles. The SMILES string of the molecule is [N-]=[N+]=Nc1ccccc1CC(=O)Cl. The highest BCUT2D eigenvalue weighted by Gasteiger charge is 2.03. The number of hydrogen-bond donors (Lipinski definition) is 0. The van der Waals surface area contributed by atoms with Crippen LogP contribution in [0.3, 0.4) is 0 Å². The van der Waals surface area contributed by atoms with Gasteiger partial charge in [-0.1, -0.05) is 29.4 Å². The van der Waals surface area contributed by atoms with Crippen molar-refractivity contribution in [3.05, 3.63) is 40.3 Å². The normalized spacial score (nSPS) is 9.00. The smallest absolute Gasteiger partial charge is 0.226 e. The van der Waals surface area contributed by atoms with E-state index in [1.165, 1.54) is 0 Å². The number of rotatable bonds is 3. The number of hydrogen-bond acceptors (Lipinski definition) is 2. The molecule has 66 valence electrons. The number of carbonyl (C=O) groups excluding carboxylic acids is 1. The molecular weight excluding hydrogens is 190 g/mol. The van der Waals surface area contributed by atoms with Crippen LogP contribution in [0.1, 0.15) is 5.56 Å². The summed E-state index contributed by atoms with van der Waals surface area (Å²) in [6, 6.07) is 6.82. The Morgan fingerprint density at radius 1 is 1.54 bits per heavy atom. The molecule has 5 heteroatoms. The van der Waals surface area contributed by atoms with Gasteiger partial charge in [0.2, 0.25) is 5.24 Å². The zero-order valence-corrected chi connectivity index (χ0v) is 7.40. The van der Waals surface area contributed by atoms with Crippen molar-refractivity contribution in [2.75, 3.05) is 0 Å². The van der Waals surface area contributed by atoms with Crippen molar-refractivity contribution >= 4 is 22.5 Å².